The smallest absolute Gasteiger partial charge is 0.0198 e. The zero-order chi connectivity index (χ0) is 17.5. The summed E-state index contributed by atoms with van der Waals surface area (Å²) >= 11 is 3.68. The van der Waals surface area contributed by atoms with Crippen LogP contribution < -0.4 is 5.30 Å². The van der Waals surface area contributed by atoms with Gasteiger partial charge < -0.3 is 0 Å². The van der Waals surface area contributed by atoms with Gasteiger partial charge in [0.2, 0.25) is 0 Å². The molecule has 0 N–H and O–H groups in total. The molecule has 1 aromatic rings. The molecule has 0 heterocycles. The first-order valence-electron chi connectivity index (χ1n) is 8.04. The second-order valence-corrected chi connectivity index (χ2v) is 12.4. The Labute approximate surface area is 148 Å². The van der Waals surface area contributed by atoms with Crippen LogP contribution in [0.3, 0.4) is 0 Å². The van der Waals surface area contributed by atoms with Crippen LogP contribution in [0.1, 0.15) is 85.9 Å². The molecule has 0 fully saturated rings. The second kappa shape index (κ2) is 6.40. The molecule has 0 aliphatic heterocycles. The molecule has 124 valence electrons. The van der Waals surface area contributed by atoms with E-state index in [1.54, 1.807) is 0 Å². The maximum absolute atomic E-state index is 3.68. The molecular weight excluding hydrogens is 351 g/mol. The molecule has 0 saturated heterocycles. The van der Waals surface area contributed by atoms with Gasteiger partial charge in [-0.25, -0.2) is 0 Å². The standard InChI is InChI=1S/C20H32BrP/c1-13(21)22-17-15(19(5,6)7)11-14(18(2,3)4)12-16(17)20(8,9)10/h11-12H,1-10H3. The third-order valence-corrected chi connectivity index (χ3v) is 5.40. The van der Waals surface area contributed by atoms with E-state index in [1.807, 2.05) is 0 Å². The van der Waals surface area contributed by atoms with Gasteiger partial charge in [-0.1, -0.05) is 98.6 Å². The molecule has 0 bridgehead atoms. The average molecular weight is 383 g/mol. The summed E-state index contributed by atoms with van der Waals surface area (Å²) in [5.41, 5.74) is 4.85. The Morgan fingerprint density at radius 3 is 1.36 bits per heavy atom. The molecule has 0 spiro atoms. The molecule has 0 radical (unpaired) electrons. The van der Waals surface area contributed by atoms with Crippen molar-refractivity contribution in [3.63, 3.8) is 0 Å². The van der Waals surface area contributed by atoms with Crippen molar-refractivity contribution in [1.29, 1.82) is 0 Å². The van der Waals surface area contributed by atoms with E-state index in [9.17, 15) is 0 Å². The molecule has 0 atom stereocenters. The molecular formula is C20H32BrP. The van der Waals surface area contributed by atoms with Crippen molar-refractivity contribution in [2.75, 3.05) is 0 Å². The fraction of sp³-hybridized carbons (Fsp3) is 0.650. The van der Waals surface area contributed by atoms with E-state index >= 15 is 0 Å². The Bertz CT molecular complexity index is 536. The van der Waals surface area contributed by atoms with Gasteiger partial charge in [-0.2, -0.15) is 0 Å². The first-order chi connectivity index (χ1) is 9.64. The molecule has 0 unspecified atom stereocenters. The van der Waals surface area contributed by atoms with Crippen molar-refractivity contribution in [2.45, 2.75) is 85.5 Å². The van der Waals surface area contributed by atoms with Gasteiger partial charge in [-0.3, -0.25) is 0 Å². The number of benzene rings is 1. The van der Waals surface area contributed by atoms with Crippen LogP contribution in [0.2, 0.25) is 0 Å². The van der Waals surface area contributed by atoms with Crippen molar-refractivity contribution in [2.24, 2.45) is 0 Å². The Hall–Kier alpha value is -0.130. The third kappa shape index (κ3) is 4.93. The molecule has 0 amide bonds. The lowest BCUT2D eigenvalue weighted by molar-refractivity contribution is 0.554. The number of halogens is 1. The van der Waals surface area contributed by atoms with E-state index in [0.29, 0.717) is 0 Å². The minimum atomic E-state index is 0.145. The molecule has 0 aromatic heterocycles. The van der Waals surface area contributed by atoms with Gasteiger partial charge in [0, 0.05) is 9.51 Å². The van der Waals surface area contributed by atoms with E-state index in [-0.39, 0.29) is 16.2 Å². The summed E-state index contributed by atoms with van der Waals surface area (Å²) < 4.78 is 1.27. The van der Waals surface area contributed by atoms with Crippen LogP contribution in [0.25, 0.3) is 0 Å². The quantitative estimate of drug-likeness (QED) is 0.474. The highest BCUT2D eigenvalue weighted by Gasteiger charge is 2.28. The van der Waals surface area contributed by atoms with Gasteiger partial charge >= 0.3 is 0 Å². The topological polar surface area (TPSA) is 0 Å². The van der Waals surface area contributed by atoms with Gasteiger partial charge in [0.25, 0.3) is 0 Å². The first-order valence-corrected chi connectivity index (χ1v) is 9.73. The van der Waals surface area contributed by atoms with Crippen LogP contribution in [0, 0.1) is 0 Å². The minimum absolute atomic E-state index is 0.145. The molecule has 22 heavy (non-hydrogen) atoms. The maximum Gasteiger partial charge on any atom is 0.0198 e. The van der Waals surface area contributed by atoms with Crippen molar-refractivity contribution in [3.8, 4) is 0 Å². The lowest BCUT2D eigenvalue weighted by Crippen LogP contribution is -2.29. The summed E-state index contributed by atoms with van der Waals surface area (Å²) in [6.07, 6.45) is 0. The SMILES string of the molecule is CC(Br)=Pc1c(C(C)(C)C)cc(C(C)(C)C)cc1C(C)(C)C. The number of hydrogen-bond acceptors (Lipinski definition) is 0. The van der Waals surface area contributed by atoms with Gasteiger partial charge in [0.05, 0.1) is 0 Å². The zero-order valence-corrected chi connectivity index (χ0v) is 18.5. The van der Waals surface area contributed by atoms with Gasteiger partial charge in [0.15, 0.2) is 0 Å². The molecule has 2 heteroatoms. The predicted octanol–water partition coefficient (Wildman–Crippen LogP) is 6.70. The van der Waals surface area contributed by atoms with Crippen LogP contribution in [-0.2, 0) is 16.2 Å². The Morgan fingerprint density at radius 1 is 0.773 bits per heavy atom. The lowest BCUT2D eigenvalue weighted by atomic mass is 9.75. The lowest BCUT2D eigenvalue weighted by Gasteiger charge is -2.32. The van der Waals surface area contributed by atoms with Crippen molar-refractivity contribution in [1.82, 2.24) is 0 Å². The monoisotopic (exact) mass is 382 g/mol. The van der Waals surface area contributed by atoms with Crippen LogP contribution in [0.15, 0.2) is 12.1 Å². The van der Waals surface area contributed by atoms with E-state index in [2.05, 4.69) is 97.3 Å². The minimum Gasteiger partial charge on any atom is -0.0570 e. The highest BCUT2D eigenvalue weighted by molar-refractivity contribution is 9.19. The molecule has 0 saturated carbocycles. The normalized spacial score (nSPS) is 14.4. The fourth-order valence-corrected chi connectivity index (χ4v) is 4.37. The first kappa shape index (κ1) is 19.9. The largest absolute Gasteiger partial charge is 0.0570 e. The summed E-state index contributed by atoms with van der Waals surface area (Å²) in [7, 11) is 1.29. The van der Waals surface area contributed by atoms with Crippen LogP contribution >= 0.6 is 24.1 Å². The zero-order valence-electron chi connectivity index (χ0n) is 16.0. The summed E-state index contributed by atoms with van der Waals surface area (Å²) in [6, 6.07) is 4.88. The molecule has 1 aromatic carbocycles. The van der Waals surface area contributed by atoms with Crippen LogP contribution in [0.5, 0.6) is 0 Å². The van der Waals surface area contributed by atoms with E-state index in [1.165, 1.54) is 34.4 Å². The van der Waals surface area contributed by atoms with Crippen molar-refractivity contribution >= 4 is 33.6 Å². The van der Waals surface area contributed by atoms with Gasteiger partial charge in [0.1, 0.15) is 0 Å². The maximum atomic E-state index is 3.68. The predicted molar refractivity (Wildman–Crippen MR) is 109 cm³/mol. The highest BCUT2D eigenvalue weighted by Crippen LogP contribution is 2.35. The summed E-state index contributed by atoms with van der Waals surface area (Å²) in [4.78, 5) is 0. The van der Waals surface area contributed by atoms with Gasteiger partial charge in [-0.05, 0) is 39.9 Å². The third-order valence-electron chi connectivity index (χ3n) is 3.86. The van der Waals surface area contributed by atoms with E-state index < -0.39 is 0 Å². The molecule has 0 aliphatic rings. The highest BCUT2D eigenvalue weighted by atomic mass is 79.9. The molecule has 1 rings (SSSR count). The van der Waals surface area contributed by atoms with Crippen molar-refractivity contribution < 1.29 is 0 Å². The van der Waals surface area contributed by atoms with Gasteiger partial charge in [-0.15, -0.1) is 0 Å². The van der Waals surface area contributed by atoms with E-state index in [0.717, 1.165) is 0 Å². The summed E-state index contributed by atoms with van der Waals surface area (Å²) in [5.74, 6) is 0. The van der Waals surface area contributed by atoms with Crippen LogP contribution in [0.4, 0.5) is 0 Å². The van der Waals surface area contributed by atoms with E-state index in [4.69, 9.17) is 0 Å². The Kier molecular flexibility index (Phi) is 5.80. The number of rotatable bonds is 1. The van der Waals surface area contributed by atoms with Crippen molar-refractivity contribution in [3.05, 3.63) is 28.8 Å². The molecule has 0 aliphatic carbocycles. The number of hydrogen-bond donors (Lipinski definition) is 0. The summed E-state index contributed by atoms with van der Waals surface area (Å²) in [6.45, 7) is 23.0. The fourth-order valence-electron chi connectivity index (χ4n) is 2.49. The average Bonchev–Trinajstić information content (AvgIpc) is 2.23. The Morgan fingerprint density at radius 2 is 1.14 bits per heavy atom. The van der Waals surface area contributed by atoms with Crippen LogP contribution in [-0.4, -0.2) is 4.20 Å². The second-order valence-electron chi connectivity index (χ2n) is 9.28. The molecule has 0 nitrogen and oxygen atoms in total. The Balaban J connectivity index is 3.91. The summed E-state index contributed by atoms with van der Waals surface area (Å²) in [5, 5.41) is 1.47.